The number of hydrogen-bond acceptors (Lipinski definition) is 4. The molecule has 2 atom stereocenters. The maximum atomic E-state index is 12.7. The summed E-state index contributed by atoms with van der Waals surface area (Å²) in [5.41, 5.74) is 13.1. The summed E-state index contributed by atoms with van der Waals surface area (Å²) in [7, 11) is 0. The number of nitrogens with two attached hydrogens (primary N) is 2. The van der Waals surface area contributed by atoms with Gasteiger partial charge in [-0.15, -0.1) is 0 Å². The lowest BCUT2D eigenvalue weighted by molar-refractivity contribution is -0.139. The molecule has 1 aliphatic rings. The monoisotopic (exact) mass is 373 g/mol. The number of carbonyl (C=O) groups is 2. The van der Waals surface area contributed by atoms with Crippen LogP contribution in [-0.4, -0.2) is 41.2 Å². The van der Waals surface area contributed by atoms with Crippen LogP contribution in [0.4, 0.5) is 0 Å². The largest absolute Gasteiger partial charge is 0.384 e. The molecule has 6 N–H and O–H groups in total. The van der Waals surface area contributed by atoms with E-state index in [1.807, 2.05) is 32.9 Å². The van der Waals surface area contributed by atoms with Crippen molar-refractivity contribution < 1.29 is 9.59 Å². The third-order valence-corrected chi connectivity index (χ3v) is 4.72. The van der Waals surface area contributed by atoms with Gasteiger partial charge in [-0.3, -0.25) is 15.0 Å². The Bertz CT molecular complexity index is 693. The molecule has 148 valence electrons. The van der Waals surface area contributed by atoms with Crippen molar-refractivity contribution in [2.75, 3.05) is 6.54 Å². The molecule has 0 aromatic heterocycles. The van der Waals surface area contributed by atoms with Crippen LogP contribution in [0.25, 0.3) is 0 Å². The molecule has 7 nitrogen and oxygen atoms in total. The molecular formula is C20H31N5O2. The van der Waals surface area contributed by atoms with Gasteiger partial charge >= 0.3 is 0 Å². The van der Waals surface area contributed by atoms with Crippen molar-refractivity contribution in [1.82, 2.24) is 10.2 Å². The summed E-state index contributed by atoms with van der Waals surface area (Å²) in [5.74, 6) is -0.287. The molecule has 1 saturated heterocycles. The second kappa shape index (κ2) is 8.52. The molecule has 2 amide bonds. The van der Waals surface area contributed by atoms with Crippen molar-refractivity contribution in [3.63, 3.8) is 0 Å². The minimum absolute atomic E-state index is 0.0114. The summed E-state index contributed by atoms with van der Waals surface area (Å²) < 4.78 is 0. The van der Waals surface area contributed by atoms with E-state index >= 15 is 0 Å². The summed E-state index contributed by atoms with van der Waals surface area (Å²) in [5, 5.41) is 10.3. The first-order valence-electron chi connectivity index (χ1n) is 9.35. The van der Waals surface area contributed by atoms with Crippen molar-refractivity contribution in [3.05, 3.63) is 35.4 Å². The lowest BCUT2D eigenvalue weighted by Gasteiger charge is -2.29. The number of nitrogens with zero attached hydrogens (tertiary/aromatic N) is 1. The van der Waals surface area contributed by atoms with Gasteiger partial charge in [-0.1, -0.05) is 45.0 Å². The van der Waals surface area contributed by atoms with E-state index in [0.717, 1.165) is 12.0 Å². The van der Waals surface area contributed by atoms with Gasteiger partial charge in [0.1, 0.15) is 11.9 Å². The van der Waals surface area contributed by atoms with E-state index in [1.54, 1.807) is 17.0 Å². The Morgan fingerprint density at radius 1 is 1.30 bits per heavy atom. The molecule has 0 spiro atoms. The average molecular weight is 374 g/mol. The first-order valence-corrected chi connectivity index (χ1v) is 9.35. The maximum absolute atomic E-state index is 12.7. The van der Waals surface area contributed by atoms with E-state index in [1.165, 1.54) is 0 Å². The number of benzene rings is 1. The summed E-state index contributed by atoms with van der Waals surface area (Å²) in [6, 6.07) is 6.11. The number of nitrogens with one attached hydrogen (secondary N) is 2. The number of amidine groups is 1. The van der Waals surface area contributed by atoms with Crippen LogP contribution >= 0.6 is 0 Å². The second-order valence-corrected chi connectivity index (χ2v) is 8.39. The maximum Gasteiger partial charge on any atom is 0.243 e. The van der Waals surface area contributed by atoms with Crippen molar-refractivity contribution in [1.29, 1.82) is 5.41 Å². The fourth-order valence-corrected chi connectivity index (χ4v) is 3.37. The van der Waals surface area contributed by atoms with Gasteiger partial charge in [-0.05, 0) is 30.2 Å². The smallest absolute Gasteiger partial charge is 0.243 e. The van der Waals surface area contributed by atoms with Crippen LogP contribution in [0, 0.1) is 10.8 Å². The lowest BCUT2D eigenvalue weighted by Crippen LogP contribution is -2.51. The predicted octanol–water partition coefficient (Wildman–Crippen LogP) is 1.34. The highest BCUT2D eigenvalue weighted by Crippen LogP contribution is 2.24. The van der Waals surface area contributed by atoms with Crippen LogP contribution in [0.1, 0.15) is 51.2 Å². The molecule has 7 heteroatoms. The SMILES string of the molecule is CC(C)(C)C[C@@H](N)C(=O)N1CCC[C@H]1C(=O)NCc1ccc(C(=N)N)cc1. The Morgan fingerprint density at radius 3 is 2.48 bits per heavy atom. The first-order chi connectivity index (χ1) is 12.6. The zero-order valence-corrected chi connectivity index (χ0v) is 16.4. The molecule has 0 radical (unpaired) electrons. The van der Waals surface area contributed by atoms with Gasteiger partial charge in [-0.25, -0.2) is 0 Å². The van der Waals surface area contributed by atoms with Crippen LogP contribution in [0.3, 0.4) is 0 Å². The van der Waals surface area contributed by atoms with Crippen LogP contribution < -0.4 is 16.8 Å². The Hall–Kier alpha value is -2.41. The van der Waals surface area contributed by atoms with Gasteiger partial charge in [-0.2, -0.15) is 0 Å². The summed E-state index contributed by atoms with van der Waals surface area (Å²) in [6.45, 7) is 7.08. The van der Waals surface area contributed by atoms with Crippen LogP contribution in [-0.2, 0) is 16.1 Å². The van der Waals surface area contributed by atoms with E-state index < -0.39 is 12.1 Å². The number of rotatable bonds is 6. The van der Waals surface area contributed by atoms with Crippen molar-refractivity contribution >= 4 is 17.6 Å². The number of hydrogen-bond donors (Lipinski definition) is 4. The third-order valence-electron chi connectivity index (χ3n) is 4.72. The molecule has 1 aliphatic heterocycles. The van der Waals surface area contributed by atoms with Gasteiger partial charge in [0, 0.05) is 18.7 Å². The van der Waals surface area contributed by atoms with E-state index in [4.69, 9.17) is 16.9 Å². The Labute approximate surface area is 161 Å². The minimum Gasteiger partial charge on any atom is -0.384 e. The number of carbonyl (C=O) groups excluding carboxylic acids is 2. The molecule has 0 saturated carbocycles. The van der Waals surface area contributed by atoms with E-state index in [9.17, 15) is 9.59 Å². The number of nitrogen functional groups attached to an aromatic ring is 1. The third kappa shape index (κ3) is 5.79. The molecular weight excluding hydrogens is 342 g/mol. The normalized spacial score (nSPS) is 18.2. The Morgan fingerprint density at radius 2 is 1.93 bits per heavy atom. The zero-order valence-electron chi connectivity index (χ0n) is 16.4. The summed E-state index contributed by atoms with van der Waals surface area (Å²) in [4.78, 5) is 26.9. The molecule has 0 bridgehead atoms. The van der Waals surface area contributed by atoms with E-state index in [-0.39, 0.29) is 23.1 Å². The van der Waals surface area contributed by atoms with Crippen molar-refractivity contribution in [2.45, 2.75) is 58.7 Å². The Kier molecular flexibility index (Phi) is 6.59. The van der Waals surface area contributed by atoms with Gasteiger partial charge in [0.2, 0.25) is 11.8 Å². The highest BCUT2D eigenvalue weighted by molar-refractivity contribution is 5.95. The topological polar surface area (TPSA) is 125 Å². The van der Waals surface area contributed by atoms with E-state index in [0.29, 0.717) is 31.5 Å². The molecule has 27 heavy (non-hydrogen) atoms. The molecule has 2 rings (SSSR count). The van der Waals surface area contributed by atoms with Crippen LogP contribution in [0.5, 0.6) is 0 Å². The predicted molar refractivity (Wildman–Crippen MR) is 106 cm³/mol. The van der Waals surface area contributed by atoms with Crippen LogP contribution in [0.2, 0.25) is 0 Å². The van der Waals surface area contributed by atoms with Gasteiger partial charge in [0.25, 0.3) is 0 Å². The first kappa shape index (κ1) is 20.9. The van der Waals surface area contributed by atoms with Gasteiger partial charge < -0.3 is 21.7 Å². The zero-order chi connectivity index (χ0) is 20.2. The lowest BCUT2D eigenvalue weighted by atomic mass is 9.88. The molecule has 0 aliphatic carbocycles. The molecule has 1 aromatic carbocycles. The van der Waals surface area contributed by atoms with Crippen molar-refractivity contribution in [2.24, 2.45) is 16.9 Å². The number of likely N-dealkylation sites (tertiary alicyclic amines) is 1. The average Bonchev–Trinajstić information content (AvgIpc) is 3.07. The fourth-order valence-electron chi connectivity index (χ4n) is 3.37. The standard InChI is InChI=1S/C20H31N5O2/c1-20(2,3)11-15(21)19(27)25-10-4-5-16(25)18(26)24-12-13-6-8-14(9-7-13)17(22)23/h6-9,15-16H,4-5,10-12,21H2,1-3H3,(H3,22,23)(H,24,26)/t15-,16+/m1/s1. The summed E-state index contributed by atoms with van der Waals surface area (Å²) in [6.07, 6.45) is 2.04. The quantitative estimate of drug-likeness (QED) is 0.443. The van der Waals surface area contributed by atoms with Crippen molar-refractivity contribution in [3.8, 4) is 0 Å². The highest BCUT2D eigenvalue weighted by atomic mass is 16.2. The molecule has 1 aromatic rings. The molecule has 1 heterocycles. The van der Waals surface area contributed by atoms with Crippen LogP contribution in [0.15, 0.2) is 24.3 Å². The Balaban J connectivity index is 1.94. The summed E-state index contributed by atoms with van der Waals surface area (Å²) >= 11 is 0. The molecule has 0 unspecified atom stereocenters. The second-order valence-electron chi connectivity index (χ2n) is 8.39. The minimum atomic E-state index is -0.586. The molecule has 1 fully saturated rings. The number of amides is 2. The van der Waals surface area contributed by atoms with E-state index in [2.05, 4.69) is 5.32 Å². The van der Waals surface area contributed by atoms with Gasteiger partial charge in [0.15, 0.2) is 0 Å². The highest BCUT2D eigenvalue weighted by Gasteiger charge is 2.36. The van der Waals surface area contributed by atoms with Gasteiger partial charge in [0.05, 0.1) is 6.04 Å². The fraction of sp³-hybridized carbons (Fsp3) is 0.550.